The summed E-state index contributed by atoms with van der Waals surface area (Å²) in [5, 5.41) is 0. The fourth-order valence-electron chi connectivity index (χ4n) is 2.95. The van der Waals surface area contributed by atoms with Crippen LogP contribution in [0.1, 0.15) is 20.3 Å². The van der Waals surface area contributed by atoms with Gasteiger partial charge in [-0.05, 0) is 26.0 Å². The summed E-state index contributed by atoms with van der Waals surface area (Å²) >= 11 is 0. The van der Waals surface area contributed by atoms with E-state index >= 15 is 0 Å². The van der Waals surface area contributed by atoms with Crippen LogP contribution in [0, 0.1) is 0 Å². The van der Waals surface area contributed by atoms with Gasteiger partial charge in [0, 0.05) is 37.7 Å². The summed E-state index contributed by atoms with van der Waals surface area (Å²) in [6.07, 6.45) is 0.781. The van der Waals surface area contributed by atoms with Gasteiger partial charge in [-0.15, -0.1) is 0 Å². The average molecular weight is 370 g/mol. The van der Waals surface area contributed by atoms with Crippen LogP contribution in [0.2, 0.25) is 0 Å². The van der Waals surface area contributed by atoms with Crippen molar-refractivity contribution in [3.8, 4) is 11.5 Å². The van der Waals surface area contributed by atoms with Gasteiger partial charge < -0.3 is 14.2 Å². The van der Waals surface area contributed by atoms with Crippen LogP contribution >= 0.6 is 0 Å². The normalized spacial score (nSPS) is 19.4. The van der Waals surface area contributed by atoms with Crippen molar-refractivity contribution in [1.29, 1.82) is 0 Å². The van der Waals surface area contributed by atoms with E-state index in [1.807, 2.05) is 13.8 Å². The van der Waals surface area contributed by atoms with Crippen LogP contribution in [0.5, 0.6) is 11.5 Å². The molecule has 0 aromatic heterocycles. The van der Waals surface area contributed by atoms with E-state index in [0.29, 0.717) is 44.5 Å². The van der Waals surface area contributed by atoms with Crippen molar-refractivity contribution in [2.24, 2.45) is 0 Å². The molecule has 1 aromatic rings. The predicted molar refractivity (Wildman–Crippen MR) is 93.7 cm³/mol. The SMILES string of the molecule is CC(C)(CNS(=O)(=O)c1ccc2c(c1)OCCCO2)N1CCOCC1. The average Bonchev–Trinajstić information content (AvgIpc) is 2.86. The zero-order chi connectivity index (χ0) is 17.9. The summed E-state index contributed by atoms with van der Waals surface area (Å²) in [5.74, 6) is 1.07. The Morgan fingerprint density at radius 2 is 1.76 bits per heavy atom. The molecular weight excluding hydrogens is 344 g/mol. The molecule has 2 heterocycles. The Morgan fingerprint density at radius 3 is 2.48 bits per heavy atom. The van der Waals surface area contributed by atoms with E-state index in [1.165, 1.54) is 6.07 Å². The molecule has 1 N–H and O–H groups in total. The standard InChI is InChI=1S/C17H26N2O5S/c1-17(2,19-6-10-22-11-7-19)13-18-25(20,21)14-4-5-15-16(12-14)24-9-3-8-23-15/h4-5,12,18H,3,6-11,13H2,1-2H3. The van der Waals surface area contributed by atoms with Crippen LogP contribution in [0.15, 0.2) is 23.1 Å². The van der Waals surface area contributed by atoms with Crippen molar-refractivity contribution >= 4 is 10.0 Å². The summed E-state index contributed by atoms with van der Waals surface area (Å²) < 4.78 is 44.6. The fraction of sp³-hybridized carbons (Fsp3) is 0.647. The maximum Gasteiger partial charge on any atom is 0.240 e. The summed E-state index contributed by atoms with van der Waals surface area (Å²) in [7, 11) is -3.62. The lowest BCUT2D eigenvalue weighted by Crippen LogP contribution is -2.55. The van der Waals surface area contributed by atoms with Crippen molar-refractivity contribution in [2.45, 2.75) is 30.7 Å². The molecule has 3 rings (SSSR count). The second kappa shape index (κ2) is 7.49. The van der Waals surface area contributed by atoms with Gasteiger partial charge in [-0.3, -0.25) is 4.90 Å². The first-order chi connectivity index (χ1) is 11.9. The van der Waals surface area contributed by atoms with Gasteiger partial charge in [0.1, 0.15) is 0 Å². The molecule has 0 unspecified atom stereocenters. The van der Waals surface area contributed by atoms with Crippen molar-refractivity contribution in [3.05, 3.63) is 18.2 Å². The summed E-state index contributed by atoms with van der Waals surface area (Å²) in [6.45, 7) is 8.46. The van der Waals surface area contributed by atoms with Gasteiger partial charge in [-0.1, -0.05) is 0 Å². The quantitative estimate of drug-likeness (QED) is 0.840. The molecule has 0 spiro atoms. The van der Waals surface area contributed by atoms with Gasteiger partial charge in [0.05, 0.1) is 31.3 Å². The molecular formula is C17H26N2O5S. The lowest BCUT2D eigenvalue weighted by molar-refractivity contribution is -0.00803. The molecule has 0 bridgehead atoms. The molecule has 0 amide bonds. The highest BCUT2D eigenvalue weighted by Crippen LogP contribution is 2.32. The Labute approximate surface area is 149 Å². The first-order valence-corrected chi connectivity index (χ1v) is 10.1. The Morgan fingerprint density at radius 1 is 1.08 bits per heavy atom. The highest BCUT2D eigenvalue weighted by Gasteiger charge is 2.30. The third-order valence-electron chi connectivity index (χ3n) is 4.59. The van der Waals surface area contributed by atoms with Gasteiger partial charge in [0.15, 0.2) is 11.5 Å². The third kappa shape index (κ3) is 4.44. The number of nitrogens with one attached hydrogen (secondary N) is 1. The minimum absolute atomic E-state index is 0.189. The first kappa shape index (κ1) is 18.4. The molecule has 0 aliphatic carbocycles. The molecule has 2 aliphatic rings. The van der Waals surface area contributed by atoms with Crippen LogP contribution in [-0.4, -0.2) is 64.9 Å². The van der Waals surface area contributed by atoms with E-state index in [1.54, 1.807) is 12.1 Å². The summed E-state index contributed by atoms with van der Waals surface area (Å²) in [6, 6.07) is 4.74. The van der Waals surface area contributed by atoms with Crippen LogP contribution in [0.25, 0.3) is 0 Å². The number of sulfonamides is 1. The molecule has 140 valence electrons. The van der Waals surface area contributed by atoms with E-state index in [2.05, 4.69) is 9.62 Å². The number of morpholine rings is 1. The molecule has 0 saturated carbocycles. The highest BCUT2D eigenvalue weighted by molar-refractivity contribution is 7.89. The second-order valence-corrected chi connectivity index (χ2v) is 8.66. The minimum atomic E-state index is -3.62. The van der Waals surface area contributed by atoms with Crippen LogP contribution < -0.4 is 14.2 Å². The number of benzene rings is 1. The molecule has 0 atom stereocenters. The number of hydrogen-bond acceptors (Lipinski definition) is 6. The second-order valence-electron chi connectivity index (χ2n) is 6.90. The molecule has 7 nitrogen and oxygen atoms in total. The largest absolute Gasteiger partial charge is 0.490 e. The predicted octanol–water partition coefficient (Wildman–Crippen LogP) is 1.24. The molecule has 8 heteroatoms. The number of fused-ring (bicyclic) bond motifs is 1. The smallest absolute Gasteiger partial charge is 0.240 e. The molecule has 1 aromatic carbocycles. The van der Waals surface area contributed by atoms with E-state index in [4.69, 9.17) is 14.2 Å². The Hall–Kier alpha value is -1.35. The first-order valence-electron chi connectivity index (χ1n) is 8.61. The molecule has 2 aliphatic heterocycles. The molecule has 1 saturated heterocycles. The number of ether oxygens (including phenoxy) is 3. The van der Waals surface area contributed by atoms with Crippen molar-refractivity contribution < 1.29 is 22.6 Å². The van der Waals surface area contributed by atoms with Crippen LogP contribution in [0.4, 0.5) is 0 Å². The maximum absolute atomic E-state index is 12.7. The van der Waals surface area contributed by atoms with Gasteiger partial charge in [-0.2, -0.15) is 0 Å². The van der Waals surface area contributed by atoms with Crippen molar-refractivity contribution in [3.63, 3.8) is 0 Å². The van der Waals surface area contributed by atoms with Crippen molar-refractivity contribution in [1.82, 2.24) is 9.62 Å². The van der Waals surface area contributed by atoms with E-state index in [-0.39, 0.29) is 10.4 Å². The lowest BCUT2D eigenvalue weighted by atomic mass is 10.0. The van der Waals surface area contributed by atoms with Gasteiger partial charge in [0.25, 0.3) is 0 Å². The number of hydrogen-bond donors (Lipinski definition) is 1. The van der Waals surface area contributed by atoms with E-state index in [9.17, 15) is 8.42 Å². The minimum Gasteiger partial charge on any atom is -0.490 e. The van der Waals surface area contributed by atoms with Gasteiger partial charge >= 0.3 is 0 Å². The number of rotatable bonds is 5. The topological polar surface area (TPSA) is 77.1 Å². The third-order valence-corrected chi connectivity index (χ3v) is 5.99. The van der Waals surface area contributed by atoms with Crippen LogP contribution in [0.3, 0.4) is 0 Å². The maximum atomic E-state index is 12.7. The van der Waals surface area contributed by atoms with Crippen LogP contribution in [-0.2, 0) is 14.8 Å². The Balaban J connectivity index is 1.70. The Bertz CT molecular complexity index is 699. The van der Waals surface area contributed by atoms with E-state index < -0.39 is 10.0 Å². The summed E-state index contributed by atoms with van der Waals surface area (Å²) in [4.78, 5) is 2.43. The monoisotopic (exact) mass is 370 g/mol. The molecule has 25 heavy (non-hydrogen) atoms. The highest BCUT2D eigenvalue weighted by atomic mass is 32.2. The van der Waals surface area contributed by atoms with Crippen molar-refractivity contribution in [2.75, 3.05) is 46.1 Å². The van der Waals surface area contributed by atoms with Gasteiger partial charge in [0.2, 0.25) is 10.0 Å². The molecule has 0 radical (unpaired) electrons. The zero-order valence-corrected chi connectivity index (χ0v) is 15.6. The van der Waals surface area contributed by atoms with Gasteiger partial charge in [-0.25, -0.2) is 13.1 Å². The zero-order valence-electron chi connectivity index (χ0n) is 14.8. The lowest BCUT2D eigenvalue weighted by Gasteiger charge is -2.40. The molecule has 1 fully saturated rings. The summed E-state index contributed by atoms with van der Waals surface area (Å²) in [5.41, 5.74) is -0.290. The number of nitrogens with zero attached hydrogens (tertiary/aromatic N) is 1. The Kier molecular flexibility index (Phi) is 5.52. The fourth-order valence-corrected chi connectivity index (χ4v) is 4.17. The van der Waals surface area contributed by atoms with E-state index in [0.717, 1.165) is 19.5 Å².